The maximum atomic E-state index is 10.1. The van der Waals surface area contributed by atoms with Crippen LogP contribution in [0.15, 0.2) is 36.4 Å². The van der Waals surface area contributed by atoms with Crippen molar-refractivity contribution in [2.45, 2.75) is 77.4 Å². The van der Waals surface area contributed by atoms with Crippen LogP contribution in [0.4, 0.5) is 0 Å². The molecule has 0 bridgehead atoms. The lowest BCUT2D eigenvalue weighted by molar-refractivity contribution is 0.175. The van der Waals surface area contributed by atoms with Crippen LogP contribution < -0.4 is 5.32 Å². The number of rotatable bonds is 14. The molecule has 0 fully saturated rings. The predicted molar refractivity (Wildman–Crippen MR) is 135 cm³/mol. The first-order chi connectivity index (χ1) is 16.1. The fourth-order valence-corrected chi connectivity index (χ4v) is 4.97. The topological polar surface area (TPSA) is 76.0 Å². The molecule has 0 amide bonds. The molecule has 3 rings (SSSR count). The van der Waals surface area contributed by atoms with Gasteiger partial charge in [0.15, 0.2) is 11.5 Å². The average Bonchev–Trinajstić information content (AvgIpc) is 2.84. The van der Waals surface area contributed by atoms with Crippen molar-refractivity contribution in [1.29, 1.82) is 0 Å². The van der Waals surface area contributed by atoms with Crippen LogP contribution in [-0.2, 0) is 25.9 Å². The maximum absolute atomic E-state index is 10.1. The lowest BCUT2D eigenvalue weighted by Gasteiger charge is -2.35. The van der Waals surface area contributed by atoms with Gasteiger partial charge in [-0.15, -0.1) is 0 Å². The number of hydrogen-bond acceptors (Lipinski definition) is 5. The molecule has 1 unspecified atom stereocenters. The minimum Gasteiger partial charge on any atom is -0.504 e. The number of hydrogen-bond donors (Lipinski definition) is 4. The van der Waals surface area contributed by atoms with Crippen molar-refractivity contribution in [3.05, 3.63) is 58.7 Å². The number of unbranched alkanes of at least 4 members (excludes halogenated alkanes) is 3. The Morgan fingerprint density at radius 2 is 1.67 bits per heavy atom. The first-order valence-corrected chi connectivity index (χ1v) is 12.8. The monoisotopic (exact) mass is 454 g/mol. The molecule has 1 aliphatic rings. The maximum Gasteiger partial charge on any atom is 0.160 e. The van der Waals surface area contributed by atoms with Crippen LogP contribution in [0.1, 0.15) is 67.7 Å². The third kappa shape index (κ3) is 7.73. The number of benzene rings is 2. The van der Waals surface area contributed by atoms with Gasteiger partial charge in [-0.25, -0.2) is 0 Å². The molecular formula is C28H42N2O3. The van der Waals surface area contributed by atoms with E-state index >= 15 is 0 Å². The van der Waals surface area contributed by atoms with Gasteiger partial charge in [-0.05, 0) is 93.9 Å². The summed E-state index contributed by atoms with van der Waals surface area (Å²) in [6.45, 7) is 6.71. The quantitative estimate of drug-likeness (QED) is 0.249. The van der Waals surface area contributed by atoms with E-state index in [2.05, 4.69) is 29.3 Å². The van der Waals surface area contributed by atoms with Crippen molar-refractivity contribution in [1.82, 2.24) is 10.2 Å². The molecule has 0 spiro atoms. The summed E-state index contributed by atoms with van der Waals surface area (Å²) in [4.78, 5) is 2.65. The Hall–Kier alpha value is -2.08. The Kier molecular flexibility index (Phi) is 10.5. The fraction of sp³-hybridized carbons (Fsp3) is 0.571. The Morgan fingerprint density at radius 1 is 0.909 bits per heavy atom. The number of aromatic hydroxyl groups is 2. The molecule has 1 aliphatic carbocycles. The zero-order valence-corrected chi connectivity index (χ0v) is 20.2. The van der Waals surface area contributed by atoms with E-state index in [4.69, 9.17) is 5.11 Å². The normalized spacial score (nSPS) is 15.7. The van der Waals surface area contributed by atoms with Crippen LogP contribution in [0.2, 0.25) is 0 Å². The van der Waals surface area contributed by atoms with Crippen LogP contribution in [0.5, 0.6) is 11.5 Å². The van der Waals surface area contributed by atoms with Crippen molar-refractivity contribution >= 4 is 0 Å². The van der Waals surface area contributed by atoms with Gasteiger partial charge in [-0.2, -0.15) is 0 Å². The van der Waals surface area contributed by atoms with Crippen molar-refractivity contribution in [2.75, 3.05) is 26.2 Å². The molecule has 1 atom stereocenters. The van der Waals surface area contributed by atoms with E-state index in [9.17, 15) is 10.2 Å². The van der Waals surface area contributed by atoms with E-state index in [1.54, 1.807) is 6.07 Å². The highest BCUT2D eigenvalue weighted by atomic mass is 16.3. The summed E-state index contributed by atoms with van der Waals surface area (Å²) in [6.07, 6.45) is 10.0. The third-order valence-electron chi connectivity index (χ3n) is 6.91. The van der Waals surface area contributed by atoms with Crippen LogP contribution >= 0.6 is 0 Å². The lowest BCUT2D eigenvalue weighted by Crippen LogP contribution is -2.40. The summed E-state index contributed by atoms with van der Waals surface area (Å²) in [5.41, 5.74) is 4.42. The van der Waals surface area contributed by atoms with Crippen molar-refractivity contribution < 1.29 is 15.3 Å². The zero-order valence-electron chi connectivity index (χ0n) is 20.2. The van der Waals surface area contributed by atoms with Gasteiger partial charge in [0, 0.05) is 11.6 Å². The first-order valence-electron chi connectivity index (χ1n) is 12.8. The molecule has 5 heteroatoms. The summed E-state index contributed by atoms with van der Waals surface area (Å²) in [5, 5.41) is 32.6. The molecular weight excluding hydrogens is 412 g/mol. The highest BCUT2D eigenvalue weighted by Gasteiger charge is 2.26. The van der Waals surface area contributed by atoms with Crippen molar-refractivity contribution in [3.8, 4) is 11.5 Å². The molecule has 0 saturated heterocycles. The highest BCUT2D eigenvalue weighted by Crippen LogP contribution is 2.36. The van der Waals surface area contributed by atoms with Gasteiger partial charge in [0.2, 0.25) is 0 Å². The van der Waals surface area contributed by atoms with Gasteiger partial charge in [0.05, 0.1) is 6.61 Å². The second-order valence-corrected chi connectivity index (χ2v) is 9.39. The van der Waals surface area contributed by atoms with Crippen LogP contribution in [0.25, 0.3) is 0 Å². The predicted octanol–water partition coefficient (Wildman–Crippen LogP) is 4.55. The molecule has 182 valence electrons. The summed E-state index contributed by atoms with van der Waals surface area (Å²) < 4.78 is 0. The first kappa shape index (κ1) is 25.5. The van der Waals surface area contributed by atoms with Gasteiger partial charge >= 0.3 is 0 Å². The van der Waals surface area contributed by atoms with Gasteiger partial charge in [-0.3, -0.25) is 0 Å². The van der Waals surface area contributed by atoms with Gasteiger partial charge in [0.1, 0.15) is 0 Å². The highest BCUT2D eigenvalue weighted by molar-refractivity contribution is 5.50. The van der Waals surface area contributed by atoms with E-state index in [-0.39, 0.29) is 18.1 Å². The van der Waals surface area contributed by atoms with Crippen molar-refractivity contribution in [3.63, 3.8) is 0 Å². The summed E-state index contributed by atoms with van der Waals surface area (Å²) >= 11 is 0. The van der Waals surface area contributed by atoms with E-state index in [1.807, 2.05) is 18.2 Å². The molecule has 0 aromatic heterocycles. The molecule has 33 heavy (non-hydrogen) atoms. The number of aliphatic hydroxyl groups excluding tert-OH is 1. The summed E-state index contributed by atoms with van der Waals surface area (Å²) in [5.74, 6) is 0.0880. The smallest absolute Gasteiger partial charge is 0.160 e. The Labute approximate surface area is 199 Å². The zero-order chi connectivity index (χ0) is 23.5. The summed E-state index contributed by atoms with van der Waals surface area (Å²) in [6, 6.07) is 12.4. The van der Waals surface area contributed by atoms with E-state index in [1.165, 1.54) is 36.8 Å². The Bertz CT molecular complexity index is 838. The van der Waals surface area contributed by atoms with E-state index < -0.39 is 0 Å². The van der Waals surface area contributed by atoms with Gasteiger partial charge < -0.3 is 25.5 Å². The lowest BCUT2D eigenvalue weighted by atomic mass is 9.86. The Balaban J connectivity index is 1.29. The van der Waals surface area contributed by atoms with Crippen molar-refractivity contribution in [2.24, 2.45) is 0 Å². The molecule has 5 nitrogen and oxygen atoms in total. The molecule has 2 aromatic rings. The Morgan fingerprint density at radius 3 is 2.42 bits per heavy atom. The standard InChI is InChI=1S/C28H42N2O3/c1-2-18-30(25-12-13-26-24(20-25)11-14-27(32)28(26)33)19-6-4-3-5-16-29-17-15-22-7-9-23(21-31)10-8-22/h7-11,14,25,29,31-33H,2-6,12-13,15-21H2,1H3. The largest absolute Gasteiger partial charge is 0.504 e. The van der Waals surface area contributed by atoms with Crippen LogP contribution in [0, 0.1) is 0 Å². The number of phenolic OH excluding ortho intramolecular Hbond substituents is 2. The van der Waals surface area contributed by atoms with Gasteiger partial charge in [-0.1, -0.05) is 50.1 Å². The molecule has 0 saturated carbocycles. The second kappa shape index (κ2) is 13.6. The van der Waals surface area contributed by atoms with Gasteiger partial charge in [0.25, 0.3) is 0 Å². The number of aliphatic hydroxyl groups is 1. The third-order valence-corrected chi connectivity index (χ3v) is 6.91. The number of phenols is 2. The molecule has 2 aromatic carbocycles. The fourth-order valence-electron chi connectivity index (χ4n) is 4.97. The minimum absolute atomic E-state index is 0.00353. The molecule has 0 radical (unpaired) electrons. The molecule has 4 N–H and O–H groups in total. The molecule has 0 aliphatic heterocycles. The van der Waals surface area contributed by atoms with Crippen LogP contribution in [0.3, 0.4) is 0 Å². The van der Waals surface area contributed by atoms with Crippen LogP contribution in [-0.4, -0.2) is 52.4 Å². The average molecular weight is 455 g/mol. The number of nitrogens with one attached hydrogen (secondary N) is 1. The SMILES string of the molecule is CCCN(CCCCCCNCCc1ccc(CO)cc1)C1CCc2c(ccc(O)c2O)C1. The summed E-state index contributed by atoms with van der Waals surface area (Å²) in [7, 11) is 0. The second-order valence-electron chi connectivity index (χ2n) is 9.39. The molecule has 0 heterocycles. The number of nitrogens with zero attached hydrogens (tertiary/aromatic N) is 1. The van der Waals surface area contributed by atoms with E-state index in [0.717, 1.165) is 69.4 Å². The number of fused-ring (bicyclic) bond motifs is 1. The van der Waals surface area contributed by atoms with E-state index in [0.29, 0.717) is 6.04 Å². The minimum atomic E-state index is 0.00353.